The zero-order valence-electron chi connectivity index (χ0n) is 12.8. The minimum absolute atomic E-state index is 0.110. The summed E-state index contributed by atoms with van der Waals surface area (Å²) in [5.74, 6) is -0.257. The Morgan fingerprint density at radius 1 is 1.33 bits per heavy atom. The minimum Gasteiger partial charge on any atom is -0.463 e. The van der Waals surface area contributed by atoms with Crippen molar-refractivity contribution in [3.63, 3.8) is 0 Å². The third kappa shape index (κ3) is 4.01. The SMILES string of the molecule is CCCN1C(=O)C(N2CCCCC2)S/C1=C\C(=O)OCC. The average Bonchev–Trinajstić information content (AvgIpc) is 2.78. The maximum absolute atomic E-state index is 12.6. The molecule has 2 fully saturated rings. The van der Waals surface area contributed by atoms with Gasteiger partial charge < -0.3 is 9.64 Å². The first-order valence-electron chi connectivity index (χ1n) is 7.78. The van der Waals surface area contributed by atoms with Crippen LogP contribution in [0.15, 0.2) is 11.1 Å². The number of amides is 1. The third-order valence-corrected chi connectivity index (χ3v) is 4.98. The number of ether oxygens (including phenoxy) is 1. The van der Waals surface area contributed by atoms with Crippen molar-refractivity contribution in [1.29, 1.82) is 0 Å². The van der Waals surface area contributed by atoms with Crippen LogP contribution in [0.3, 0.4) is 0 Å². The summed E-state index contributed by atoms with van der Waals surface area (Å²) in [6.07, 6.45) is 5.88. The molecule has 0 N–H and O–H groups in total. The van der Waals surface area contributed by atoms with Gasteiger partial charge in [-0.05, 0) is 39.3 Å². The van der Waals surface area contributed by atoms with Crippen LogP contribution in [0.25, 0.3) is 0 Å². The van der Waals surface area contributed by atoms with E-state index >= 15 is 0 Å². The number of likely N-dealkylation sites (tertiary alicyclic amines) is 1. The Morgan fingerprint density at radius 2 is 2.05 bits per heavy atom. The van der Waals surface area contributed by atoms with Crippen LogP contribution in [-0.2, 0) is 14.3 Å². The van der Waals surface area contributed by atoms with E-state index in [1.165, 1.54) is 24.3 Å². The Kier molecular flexibility index (Phi) is 6.11. The molecule has 1 atom stereocenters. The number of hydrogen-bond acceptors (Lipinski definition) is 5. The van der Waals surface area contributed by atoms with Crippen LogP contribution >= 0.6 is 11.8 Å². The smallest absolute Gasteiger partial charge is 0.333 e. The van der Waals surface area contributed by atoms with E-state index in [1.54, 1.807) is 11.8 Å². The lowest BCUT2D eigenvalue weighted by atomic mass is 10.1. The summed E-state index contributed by atoms with van der Waals surface area (Å²) in [5, 5.41) is 0.563. The standard InChI is InChI=1S/C15H24N2O3S/c1-3-8-17-12(11-13(18)20-4-2)21-15(14(17)19)16-9-6-5-7-10-16/h11,15H,3-10H2,1-2H3/b12-11-. The van der Waals surface area contributed by atoms with E-state index in [4.69, 9.17) is 4.74 Å². The fourth-order valence-electron chi connectivity index (χ4n) is 2.69. The van der Waals surface area contributed by atoms with Crippen molar-refractivity contribution >= 4 is 23.6 Å². The fourth-order valence-corrected chi connectivity index (χ4v) is 3.98. The maximum Gasteiger partial charge on any atom is 0.333 e. The third-order valence-electron chi connectivity index (χ3n) is 3.67. The molecule has 21 heavy (non-hydrogen) atoms. The number of carbonyl (C=O) groups excluding carboxylic acids is 2. The van der Waals surface area contributed by atoms with Crippen LogP contribution in [0.5, 0.6) is 0 Å². The summed E-state index contributed by atoms with van der Waals surface area (Å²) in [7, 11) is 0. The molecule has 2 heterocycles. The van der Waals surface area contributed by atoms with Crippen molar-refractivity contribution in [3.05, 3.63) is 11.1 Å². The zero-order valence-corrected chi connectivity index (χ0v) is 13.7. The molecule has 6 heteroatoms. The van der Waals surface area contributed by atoms with Gasteiger partial charge in [0, 0.05) is 6.54 Å². The summed E-state index contributed by atoms with van der Waals surface area (Å²) in [5.41, 5.74) is 0. The van der Waals surface area contributed by atoms with Crippen LogP contribution in [-0.4, -0.2) is 53.3 Å². The van der Waals surface area contributed by atoms with Crippen molar-refractivity contribution in [1.82, 2.24) is 9.80 Å². The molecule has 0 saturated carbocycles. The first kappa shape index (κ1) is 16.4. The highest BCUT2D eigenvalue weighted by molar-refractivity contribution is 8.04. The predicted molar refractivity (Wildman–Crippen MR) is 83.5 cm³/mol. The summed E-state index contributed by atoms with van der Waals surface area (Å²) in [6, 6.07) is 0. The van der Waals surface area contributed by atoms with Gasteiger partial charge in [-0.2, -0.15) is 0 Å². The Labute approximate surface area is 130 Å². The van der Waals surface area contributed by atoms with Crippen LogP contribution in [0.4, 0.5) is 0 Å². The van der Waals surface area contributed by atoms with E-state index in [-0.39, 0.29) is 17.3 Å². The molecule has 2 aliphatic rings. The molecule has 0 bridgehead atoms. The molecule has 2 rings (SSSR count). The quantitative estimate of drug-likeness (QED) is 0.575. The normalized spacial score (nSPS) is 25.6. The van der Waals surface area contributed by atoms with Gasteiger partial charge in [-0.3, -0.25) is 9.69 Å². The highest BCUT2D eigenvalue weighted by Gasteiger charge is 2.40. The Hall–Kier alpha value is -1.01. The van der Waals surface area contributed by atoms with E-state index < -0.39 is 0 Å². The number of nitrogens with zero attached hydrogens (tertiary/aromatic N) is 2. The topological polar surface area (TPSA) is 49.9 Å². The Morgan fingerprint density at radius 3 is 2.67 bits per heavy atom. The number of piperidine rings is 1. The van der Waals surface area contributed by atoms with Crippen LogP contribution < -0.4 is 0 Å². The predicted octanol–water partition coefficient (Wildman–Crippen LogP) is 2.19. The lowest BCUT2D eigenvalue weighted by Gasteiger charge is -2.29. The number of rotatable bonds is 5. The van der Waals surface area contributed by atoms with E-state index in [0.717, 1.165) is 37.4 Å². The molecule has 0 aliphatic carbocycles. The van der Waals surface area contributed by atoms with Gasteiger partial charge in [-0.1, -0.05) is 25.1 Å². The molecular formula is C15H24N2O3S. The summed E-state index contributed by atoms with van der Waals surface area (Å²) < 4.78 is 4.97. The second-order valence-corrected chi connectivity index (χ2v) is 6.39. The van der Waals surface area contributed by atoms with E-state index in [1.807, 2.05) is 6.92 Å². The monoisotopic (exact) mass is 312 g/mol. The largest absolute Gasteiger partial charge is 0.463 e. The van der Waals surface area contributed by atoms with Gasteiger partial charge in [-0.25, -0.2) is 4.79 Å². The number of esters is 1. The molecule has 118 valence electrons. The second kappa shape index (κ2) is 7.84. The summed E-state index contributed by atoms with van der Waals surface area (Å²) >= 11 is 1.49. The lowest BCUT2D eigenvalue weighted by molar-refractivity contribution is -0.137. The molecule has 2 saturated heterocycles. The summed E-state index contributed by atoms with van der Waals surface area (Å²) in [6.45, 7) is 6.76. The van der Waals surface area contributed by atoms with Gasteiger partial charge in [0.05, 0.1) is 17.7 Å². The van der Waals surface area contributed by atoms with Gasteiger partial charge in [0.15, 0.2) is 0 Å². The molecule has 0 aromatic carbocycles. The molecule has 1 unspecified atom stereocenters. The molecule has 5 nitrogen and oxygen atoms in total. The van der Waals surface area contributed by atoms with Crippen molar-refractivity contribution in [2.45, 2.75) is 44.9 Å². The van der Waals surface area contributed by atoms with Crippen molar-refractivity contribution in [2.24, 2.45) is 0 Å². The van der Waals surface area contributed by atoms with Crippen molar-refractivity contribution in [3.8, 4) is 0 Å². The number of hydrogen-bond donors (Lipinski definition) is 0. The van der Waals surface area contributed by atoms with Crippen molar-refractivity contribution in [2.75, 3.05) is 26.2 Å². The molecule has 0 radical (unpaired) electrons. The summed E-state index contributed by atoms with van der Waals surface area (Å²) in [4.78, 5) is 28.3. The van der Waals surface area contributed by atoms with Gasteiger partial charge >= 0.3 is 5.97 Å². The number of thioether (sulfide) groups is 1. The van der Waals surface area contributed by atoms with Crippen molar-refractivity contribution < 1.29 is 14.3 Å². The molecule has 1 amide bonds. The first-order chi connectivity index (χ1) is 10.2. The van der Waals surface area contributed by atoms with Gasteiger partial charge in [0.2, 0.25) is 0 Å². The maximum atomic E-state index is 12.6. The minimum atomic E-state index is -0.367. The first-order valence-corrected chi connectivity index (χ1v) is 8.65. The van der Waals surface area contributed by atoms with E-state index in [9.17, 15) is 9.59 Å². The second-order valence-electron chi connectivity index (χ2n) is 5.29. The fraction of sp³-hybridized carbons (Fsp3) is 0.733. The Balaban J connectivity index is 2.12. The molecule has 0 aromatic rings. The van der Waals surface area contributed by atoms with Crippen LogP contribution in [0.1, 0.15) is 39.5 Å². The van der Waals surface area contributed by atoms with Crippen LogP contribution in [0, 0.1) is 0 Å². The zero-order chi connectivity index (χ0) is 15.2. The molecule has 0 aromatic heterocycles. The van der Waals surface area contributed by atoms with Gasteiger partial charge in [-0.15, -0.1) is 0 Å². The average molecular weight is 312 g/mol. The van der Waals surface area contributed by atoms with Crippen LogP contribution in [0.2, 0.25) is 0 Å². The van der Waals surface area contributed by atoms with Gasteiger partial charge in [0.25, 0.3) is 5.91 Å². The van der Waals surface area contributed by atoms with E-state index in [0.29, 0.717) is 13.2 Å². The molecule has 0 spiro atoms. The highest BCUT2D eigenvalue weighted by atomic mass is 32.2. The molecular weight excluding hydrogens is 288 g/mol. The highest BCUT2D eigenvalue weighted by Crippen LogP contribution is 2.38. The van der Waals surface area contributed by atoms with E-state index in [2.05, 4.69) is 4.90 Å². The number of carbonyl (C=O) groups is 2. The molecule has 2 aliphatic heterocycles. The Bertz CT molecular complexity index is 419. The lowest BCUT2D eigenvalue weighted by Crippen LogP contribution is -2.43. The van der Waals surface area contributed by atoms with Gasteiger partial charge in [0.1, 0.15) is 5.37 Å².